The Hall–Kier alpha value is -4.47. The van der Waals surface area contributed by atoms with Crippen LogP contribution in [0.1, 0.15) is 27.0 Å². The van der Waals surface area contributed by atoms with E-state index in [1.807, 2.05) is 6.07 Å². The number of likely N-dealkylation sites (tertiary alicyclic amines) is 2. The number of rotatable bonds is 5. The molecule has 3 saturated heterocycles. The van der Waals surface area contributed by atoms with E-state index in [2.05, 4.69) is 0 Å². The van der Waals surface area contributed by atoms with Gasteiger partial charge < -0.3 is 9.80 Å². The Labute approximate surface area is 234 Å². The van der Waals surface area contributed by atoms with Gasteiger partial charge in [-0.25, -0.2) is 0 Å². The number of amides is 4. The first kappa shape index (κ1) is 26.7. The van der Waals surface area contributed by atoms with Crippen molar-refractivity contribution in [3.63, 3.8) is 0 Å². The molecule has 10 heteroatoms. The van der Waals surface area contributed by atoms with Gasteiger partial charge in [0.05, 0.1) is 30.0 Å². The Balaban J connectivity index is 1.47. The molecule has 3 heterocycles. The minimum atomic E-state index is -4.59. The van der Waals surface area contributed by atoms with Gasteiger partial charge in [0.2, 0.25) is 17.7 Å². The van der Waals surface area contributed by atoms with Crippen molar-refractivity contribution < 1.29 is 32.3 Å². The molecule has 0 radical (unpaired) electrons. The van der Waals surface area contributed by atoms with Gasteiger partial charge in [0.25, 0.3) is 5.91 Å². The molecule has 3 fully saturated rings. The number of carbonyl (C=O) groups is 4. The Bertz CT molecular complexity index is 1530. The molecule has 3 aliphatic rings. The molecule has 3 unspecified atom stereocenters. The summed E-state index contributed by atoms with van der Waals surface area (Å²) in [5.41, 5.74) is -1.27. The van der Waals surface area contributed by atoms with Crippen LogP contribution in [0.25, 0.3) is 0 Å². The zero-order chi connectivity index (χ0) is 29.1. The fourth-order valence-electron chi connectivity index (χ4n) is 6.74. The van der Waals surface area contributed by atoms with E-state index < -0.39 is 58.8 Å². The Morgan fingerprint density at radius 3 is 2.02 bits per heavy atom. The number of piperazine rings is 1. The molecule has 3 aliphatic heterocycles. The third-order valence-corrected chi connectivity index (χ3v) is 8.49. The fraction of sp³-hybridized carbons (Fsp3) is 0.290. The molecule has 0 aliphatic carbocycles. The van der Waals surface area contributed by atoms with Gasteiger partial charge in [-0.2, -0.15) is 13.2 Å². The van der Waals surface area contributed by atoms with Crippen LogP contribution < -0.4 is 0 Å². The SMILES string of the molecule is CN1CC2C3C(=O)N(Cc4ccccc4)C(=O)C3[C@](Cc3ccccc3)(C1=O)N2C(=O)c1ccc(C(F)(F)F)cc1. The number of likely N-dealkylation sites (N-methyl/N-ethyl adjacent to an activating group) is 1. The Kier molecular flexibility index (Phi) is 6.24. The summed E-state index contributed by atoms with van der Waals surface area (Å²) in [5.74, 6) is -4.27. The van der Waals surface area contributed by atoms with Gasteiger partial charge in [-0.1, -0.05) is 60.7 Å². The second-order valence-corrected chi connectivity index (χ2v) is 10.8. The first-order valence-corrected chi connectivity index (χ1v) is 13.2. The highest BCUT2D eigenvalue weighted by atomic mass is 19.4. The maximum atomic E-state index is 14.2. The molecule has 2 bridgehead atoms. The van der Waals surface area contributed by atoms with Gasteiger partial charge in [-0.3, -0.25) is 24.1 Å². The maximum absolute atomic E-state index is 14.2. The molecule has 0 saturated carbocycles. The number of benzene rings is 3. The van der Waals surface area contributed by atoms with Crippen LogP contribution in [0.4, 0.5) is 13.2 Å². The van der Waals surface area contributed by atoms with Crippen molar-refractivity contribution in [1.82, 2.24) is 14.7 Å². The zero-order valence-electron chi connectivity index (χ0n) is 22.0. The molecule has 41 heavy (non-hydrogen) atoms. The minimum absolute atomic E-state index is 0.0150. The molecule has 7 nitrogen and oxygen atoms in total. The number of carbonyl (C=O) groups excluding carboxylic acids is 4. The third kappa shape index (κ3) is 4.11. The van der Waals surface area contributed by atoms with Gasteiger partial charge in [0.1, 0.15) is 5.54 Å². The molecule has 210 valence electrons. The summed E-state index contributed by atoms with van der Waals surface area (Å²) in [7, 11) is 1.58. The number of hydrogen-bond acceptors (Lipinski definition) is 4. The quantitative estimate of drug-likeness (QED) is 0.445. The standard InChI is InChI=1S/C31H26F3N3O4/c1-35-18-23-24-25(28(40)36(27(24)39)17-20-10-6-3-7-11-20)30(29(35)41,16-19-8-4-2-5-9-19)37(23)26(38)21-12-14-22(15-13-21)31(32,33)34/h2-15,23-25H,16-18H2,1H3/t23?,24?,25?,30-/m1/s1. The lowest BCUT2D eigenvalue weighted by Gasteiger charge is -2.49. The van der Waals surface area contributed by atoms with Gasteiger partial charge in [-0.15, -0.1) is 0 Å². The third-order valence-electron chi connectivity index (χ3n) is 8.49. The topological polar surface area (TPSA) is 78.0 Å². The highest BCUT2D eigenvalue weighted by Crippen LogP contribution is 2.54. The number of imide groups is 1. The first-order valence-electron chi connectivity index (χ1n) is 13.2. The van der Waals surface area contributed by atoms with Crippen molar-refractivity contribution >= 4 is 23.6 Å². The van der Waals surface area contributed by atoms with Crippen molar-refractivity contribution in [3.8, 4) is 0 Å². The van der Waals surface area contributed by atoms with Crippen LogP contribution in [-0.4, -0.2) is 63.5 Å². The molecule has 4 amide bonds. The molecule has 0 N–H and O–H groups in total. The van der Waals surface area contributed by atoms with Crippen molar-refractivity contribution in [3.05, 3.63) is 107 Å². The molecular weight excluding hydrogens is 535 g/mol. The van der Waals surface area contributed by atoms with Crippen molar-refractivity contribution in [2.45, 2.75) is 30.7 Å². The number of hydrogen-bond donors (Lipinski definition) is 0. The summed E-state index contributed by atoms with van der Waals surface area (Å²) in [6.07, 6.45) is -4.61. The van der Waals surface area contributed by atoms with E-state index in [4.69, 9.17) is 0 Å². The Morgan fingerprint density at radius 1 is 0.854 bits per heavy atom. The van der Waals surface area contributed by atoms with Crippen LogP contribution in [0.2, 0.25) is 0 Å². The minimum Gasteiger partial charge on any atom is -0.342 e. The maximum Gasteiger partial charge on any atom is 0.416 e. The van der Waals surface area contributed by atoms with Gasteiger partial charge in [0, 0.05) is 25.6 Å². The smallest absolute Gasteiger partial charge is 0.342 e. The first-order chi connectivity index (χ1) is 19.5. The van der Waals surface area contributed by atoms with Crippen LogP contribution in [0.15, 0.2) is 84.9 Å². The normalized spacial score (nSPS) is 25.6. The summed E-state index contributed by atoms with van der Waals surface area (Å²) in [6.45, 7) is 0.0532. The average Bonchev–Trinajstić information content (AvgIpc) is 3.34. The number of alkyl halides is 3. The van der Waals surface area contributed by atoms with Crippen LogP contribution in [0.5, 0.6) is 0 Å². The lowest BCUT2D eigenvalue weighted by atomic mass is 9.75. The van der Waals surface area contributed by atoms with E-state index in [0.717, 1.165) is 29.8 Å². The van der Waals surface area contributed by atoms with Crippen LogP contribution >= 0.6 is 0 Å². The lowest BCUT2D eigenvalue weighted by molar-refractivity contribution is -0.155. The molecule has 0 spiro atoms. The van der Waals surface area contributed by atoms with E-state index in [0.29, 0.717) is 5.56 Å². The molecule has 4 atom stereocenters. The molecular formula is C31H26F3N3O4. The largest absolute Gasteiger partial charge is 0.416 e. The molecule has 0 aromatic heterocycles. The van der Waals surface area contributed by atoms with Crippen LogP contribution in [0, 0.1) is 11.8 Å². The Morgan fingerprint density at radius 2 is 1.44 bits per heavy atom. The molecule has 6 rings (SSSR count). The summed E-state index contributed by atoms with van der Waals surface area (Å²) < 4.78 is 39.7. The summed E-state index contributed by atoms with van der Waals surface area (Å²) >= 11 is 0. The summed E-state index contributed by atoms with van der Waals surface area (Å²) in [4.78, 5) is 60.3. The summed E-state index contributed by atoms with van der Waals surface area (Å²) in [5, 5.41) is 0. The van der Waals surface area contributed by atoms with E-state index in [9.17, 15) is 32.3 Å². The molecule has 3 aromatic carbocycles. The number of halogens is 3. The van der Waals surface area contributed by atoms with Crippen molar-refractivity contribution in [2.75, 3.05) is 13.6 Å². The number of nitrogens with zero attached hydrogens (tertiary/aromatic N) is 3. The van der Waals surface area contributed by atoms with Gasteiger partial charge >= 0.3 is 6.18 Å². The highest BCUT2D eigenvalue weighted by molar-refractivity contribution is 6.13. The fourth-order valence-corrected chi connectivity index (χ4v) is 6.74. The van der Waals surface area contributed by atoms with E-state index in [-0.39, 0.29) is 25.1 Å². The second-order valence-electron chi connectivity index (χ2n) is 10.8. The monoisotopic (exact) mass is 561 g/mol. The van der Waals surface area contributed by atoms with Crippen LogP contribution in [0.3, 0.4) is 0 Å². The van der Waals surface area contributed by atoms with Gasteiger partial charge in [-0.05, 0) is 35.4 Å². The lowest BCUT2D eigenvalue weighted by Crippen LogP contribution is -2.69. The van der Waals surface area contributed by atoms with Crippen molar-refractivity contribution in [2.24, 2.45) is 11.8 Å². The number of fused-ring (bicyclic) bond motifs is 5. The van der Waals surface area contributed by atoms with E-state index in [1.54, 1.807) is 61.6 Å². The highest BCUT2D eigenvalue weighted by Gasteiger charge is 2.75. The average molecular weight is 562 g/mol. The second kappa shape index (κ2) is 9.57. The predicted molar refractivity (Wildman–Crippen MR) is 141 cm³/mol. The predicted octanol–water partition coefficient (Wildman–Crippen LogP) is 3.78. The van der Waals surface area contributed by atoms with E-state index >= 15 is 0 Å². The molecule has 3 aromatic rings. The van der Waals surface area contributed by atoms with Crippen LogP contribution in [-0.2, 0) is 33.5 Å². The summed E-state index contributed by atoms with van der Waals surface area (Å²) in [6, 6.07) is 20.9. The van der Waals surface area contributed by atoms with Gasteiger partial charge in [0.15, 0.2) is 0 Å². The van der Waals surface area contributed by atoms with E-state index in [1.165, 1.54) is 14.7 Å². The zero-order valence-corrected chi connectivity index (χ0v) is 22.0. The van der Waals surface area contributed by atoms with Crippen molar-refractivity contribution in [1.29, 1.82) is 0 Å².